The first-order chi connectivity index (χ1) is 9.38. The van der Waals surface area contributed by atoms with E-state index in [-0.39, 0.29) is 5.92 Å². The number of carboxylic acid groups (broad SMARTS) is 1. The minimum Gasteiger partial charge on any atom is -0.480 e. The summed E-state index contributed by atoms with van der Waals surface area (Å²) in [7, 11) is 0. The van der Waals surface area contributed by atoms with Crippen molar-refractivity contribution in [2.75, 3.05) is 0 Å². The molecule has 0 spiro atoms. The van der Waals surface area contributed by atoms with Gasteiger partial charge in [-0.1, -0.05) is 41.9 Å². The molecule has 2 amide bonds. The van der Waals surface area contributed by atoms with E-state index in [1.807, 2.05) is 38.1 Å². The number of urea groups is 1. The first-order valence-electron chi connectivity index (χ1n) is 6.40. The maximum atomic E-state index is 11.7. The van der Waals surface area contributed by atoms with Crippen molar-refractivity contribution in [3.63, 3.8) is 0 Å². The molecule has 0 aliphatic rings. The van der Waals surface area contributed by atoms with E-state index < -0.39 is 18.0 Å². The fraction of sp³-hybridized carbons (Fsp3) is 0.429. The van der Waals surface area contributed by atoms with Gasteiger partial charge in [-0.25, -0.2) is 9.59 Å². The minimum atomic E-state index is -1.02. The molecular weight excluding hydrogens is 324 g/mol. The van der Waals surface area contributed by atoms with Crippen LogP contribution in [-0.2, 0) is 11.3 Å². The van der Waals surface area contributed by atoms with Crippen LogP contribution in [-0.4, -0.2) is 23.1 Å². The molecule has 0 aliphatic heterocycles. The van der Waals surface area contributed by atoms with Crippen LogP contribution in [0.25, 0.3) is 0 Å². The maximum absolute atomic E-state index is 11.7. The summed E-state index contributed by atoms with van der Waals surface area (Å²) >= 11 is 3.33. The van der Waals surface area contributed by atoms with E-state index in [1.54, 1.807) is 0 Å². The molecule has 1 aromatic carbocycles. The zero-order valence-electron chi connectivity index (χ0n) is 11.5. The predicted octanol–water partition coefficient (Wildman–Crippen LogP) is 2.75. The van der Waals surface area contributed by atoms with Gasteiger partial charge in [0.05, 0.1) is 0 Å². The van der Waals surface area contributed by atoms with Crippen LogP contribution in [0.3, 0.4) is 0 Å². The van der Waals surface area contributed by atoms with Crippen LogP contribution < -0.4 is 10.6 Å². The number of benzene rings is 1. The van der Waals surface area contributed by atoms with Gasteiger partial charge in [-0.05, 0) is 30.0 Å². The average Bonchev–Trinajstić information content (AvgIpc) is 2.36. The minimum absolute atomic E-state index is 0.197. The third-order valence-electron chi connectivity index (χ3n) is 2.68. The van der Waals surface area contributed by atoms with Crippen molar-refractivity contribution in [2.45, 2.75) is 32.9 Å². The van der Waals surface area contributed by atoms with Crippen molar-refractivity contribution in [2.24, 2.45) is 5.92 Å². The molecule has 1 rings (SSSR count). The van der Waals surface area contributed by atoms with Gasteiger partial charge in [0.1, 0.15) is 6.04 Å². The molecule has 0 aliphatic carbocycles. The van der Waals surface area contributed by atoms with Crippen LogP contribution in [0.4, 0.5) is 4.79 Å². The molecule has 1 unspecified atom stereocenters. The van der Waals surface area contributed by atoms with Crippen LogP contribution in [0.15, 0.2) is 28.7 Å². The van der Waals surface area contributed by atoms with Crippen molar-refractivity contribution < 1.29 is 14.7 Å². The van der Waals surface area contributed by atoms with E-state index in [1.165, 1.54) is 0 Å². The summed E-state index contributed by atoms with van der Waals surface area (Å²) in [5, 5.41) is 14.2. The van der Waals surface area contributed by atoms with Crippen LogP contribution in [0.5, 0.6) is 0 Å². The lowest BCUT2D eigenvalue weighted by Crippen LogP contribution is -2.46. The second-order valence-electron chi connectivity index (χ2n) is 4.97. The molecule has 3 N–H and O–H groups in total. The smallest absolute Gasteiger partial charge is 0.326 e. The number of nitrogens with one attached hydrogen (secondary N) is 2. The molecule has 0 fully saturated rings. The Morgan fingerprint density at radius 3 is 2.35 bits per heavy atom. The van der Waals surface area contributed by atoms with E-state index >= 15 is 0 Å². The van der Waals surface area contributed by atoms with Gasteiger partial charge in [0.25, 0.3) is 0 Å². The zero-order valence-corrected chi connectivity index (χ0v) is 13.1. The van der Waals surface area contributed by atoms with E-state index in [4.69, 9.17) is 5.11 Å². The topological polar surface area (TPSA) is 78.4 Å². The Morgan fingerprint density at radius 2 is 1.85 bits per heavy atom. The highest BCUT2D eigenvalue weighted by Crippen LogP contribution is 2.10. The highest BCUT2D eigenvalue weighted by Gasteiger charge is 2.20. The van der Waals surface area contributed by atoms with Crippen molar-refractivity contribution >= 4 is 27.9 Å². The number of carboxylic acids is 1. The summed E-state index contributed by atoms with van der Waals surface area (Å²) < 4.78 is 0.966. The fourth-order valence-electron chi connectivity index (χ4n) is 1.69. The molecule has 0 aromatic heterocycles. The Morgan fingerprint density at radius 1 is 1.25 bits per heavy atom. The zero-order chi connectivity index (χ0) is 15.1. The molecule has 1 atom stereocenters. The molecule has 0 saturated heterocycles. The second kappa shape index (κ2) is 7.89. The van der Waals surface area contributed by atoms with Gasteiger partial charge in [-0.15, -0.1) is 0 Å². The van der Waals surface area contributed by atoms with Gasteiger partial charge in [0.15, 0.2) is 0 Å². The van der Waals surface area contributed by atoms with Gasteiger partial charge in [0.2, 0.25) is 0 Å². The highest BCUT2D eigenvalue weighted by atomic mass is 79.9. The van der Waals surface area contributed by atoms with E-state index in [9.17, 15) is 9.59 Å². The lowest BCUT2D eigenvalue weighted by molar-refractivity contribution is -0.139. The van der Waals surface area contributed by atoms with Crippen molar-refractivity contribution in [1.29, 1.82) is 0 Å². The molecule has 110 valence electrons. The summed E-state index contributed by atoms with van der Waals surface area (Å²) in [5.41, 5.74) is 0.944. The Balaban J connectivity index is 2.45. The van der Waals surface area contributed by atoms with Crippen molar-refractivity contribution in [3.05, 3.63) is 34.3 Å². The molecule has 6 heteroatoms. The Kier molecular flexibility index (Phi) is 6.51. The number of carbonyl (C=O) groups is 2. The number of hydrogen-bond donors (Lipinski definition) is 3. The number of rotatable bonds is 6. The quantitative estimate of drug-likeness (QED) is 0.743. The van der Waals surface area contributed by atoms with Gasteiger partial charge in [0, 0.05) is 11.0 Å². The predicted molar refractivity (Wildman–Crippen MR) is 80.4 cm³/mol. The summed E-state index contributed by atoms with van der Waals surface area (Å²) in [6.45, 7) is 4.18. The lowest BCUT2D eigenvalue weighted by atomic mass is 10.0. The Labute approximate surface area is 126 Å². The maximum Gasteiger partial charge on any atom is 0.326 e. The number of aliphatic carboxylic acids is 1. The first kappa shape index (κ1) is 16.5. The molecule has 0 heterocycles. The highest BCUT2D eigenvalue weighted by molar-refractivity contribution is 9.10. The third-order valence-corrected chi connectivity index (χ3v) is 3.21. The summed E-state index contributed by atoms with van der Waals surface area (Å²) in [6.07, 6.45) is 0.404. The third kappa shape index (κ3) is 6.06. The van der Waals surface area contributed by atoms with Crippen LogP contribution in [0.2, 0.25) is 0 Å². The molecule has 20 heavy (non-hydrogen) atoms. The number of halogens is 1. The van der Waals surface area contributed by atoms with Crippen molar-refractivity contribution in [3.8, 4) is 0 Å². The van der Waals surface area contributed by atoms with Gasteiger partial charge < -0.3 is 15.7 Å². The average molecular weight is 343 g/mol. The number of amides is 2. The molecule has 0 radical (unpaired) electrons. The molecule has 5 nitrogen and oxygen atoms in total. The molecular formula is C14H19BrN2O3. The van der Waals surface area contributed by atoms with Gasteiger partial charge in [-0.2, -0.15) is 0 Å². The normalized spacial score (nSPS) is 12.0. The lowest BCUT2D eigenvalue weighted by Gasteiger charge is -2.17. The van der Waals surface area contributed by atoms with Crippen LogP contribution in [0.1, 0.15) is 25.8 Å². The number of carbonyl (C=O) groups excluding carboxylic acids is 1. The first-order valence-corrected chi connectivity index (χ1v) is 7.19. The molecule has 0 saturated carbocycles. The SMILES string of the molecule is CC(C)CC(NC(=O)NCc1ccc(Br)cc1)C(=O)O. The van der Waals surface area contributed by atoms with Crippen molar-refractivity contribution in [1.82, 2.24) is 10.6 Å². The van der Waals surface area contributed by atoms with Gasteiger partial charge >= 0.3 is 12.0 Å². The summed E-state index contributed by atoms with van der Waals surface area (Å²) in [6, 6.07) is 6.20. The Bertz CT molecular complexity index is 460. The van der Waals surface area contributed by atoms with Gasteiger partial charge in [-0.3, -0.25) is 0 Å². The van der Waals surface area contributed by atoms with E-state index in [0.717, 1.165) is 10.0 Å². The summed E-state index contributed by atoms with van der Waals surface area (Å²) in [5.74, 6) is -0.819. The number of hydrogen-bond acceptors (Lipinski definition) is 2. The fourth-order valence-corrected chi connectivity index (χ4v) is 1.95. The Hall–Kier alpha value is -1.56. The largest absolute Gasteiger partial charge is 0.480 e. The summed E-state index contributed by atoms with van der Waals surface area (Å²) in [4.78, 5) is 22.7. The standard InChI is InChI=1S/C14H19BrN2O3/c1-9(2)7-12(13(18)19)17-14(20)16-8-10-3-5-11(15)6-4-10/h3-6,9,12H,7-8H2,1-2H3,(H,18,19)(H2,16,17,20). The molecule has 0 bridgehead atoms. The second-order valence-corrected chi connectivity index (χ2v) is 5.89. The van der Waals surface area contributed by atoms with E-state index in [0.29, 0.717) is 13.0 Å². The molecule has 1 aromatic rings. The monoisotopic (exact) mass is 342 g/mol. The van der Waals surface area contributed by atoms with E-state index in [2.05, 4.69) is 26.6 Å². The van der Waals surface area contributed by atoms with Crippen LogP contribution in [0, 0.1) is 5.92 Å². The van der Waals surface area contributed by atoms with Crippen LogP contribution >= 0.6 is 15.9 Å².